The van der Waals surface area contributed by atoms with E-state index in [1.807, 2.05) is 0 Å². The van der Waals surface area contributed by atoms with Gasteiger partial charge in [0.25, 0.3) is 0 Å². The van der Waals surface area contributed by atoms with Gasteiger partial charge in [0.1, 0.15) is 0 Å². The van der Waals surface area contributed by atoms with Crippen LogP contribution in [0.15, 0.2) is 4.52 Å². The molecule has 0 aliphatic heterocycles. The number of nitrogens with two attached hydrogens (primary N) is 1. The van der Waals surface area contributed by atoms with E-state index in [4.69, 9.17) is 15.0 Å². The zero-order valence-corrected chi connectivity index (χ0v) is 10.1. The molecule has 0 aliphatic carbocycles. The second kappa shape index (κ2) is 7.35. The van der Waals surface area contributed by atoms with Crippen LogP contribution in [0.2, 0.25) is 0 Å². The highest BCUT2D eigenvalue weighted by Crippen LogP contribution is 2.10. The molecule has 0 amide bonds. The third-order valence-corrected chi connectivity index (χ3v) is 2.55. The normalized spacial score (nSPS) is 12.9. The van der Waals surface area contributed by atoms with Crippen molar-refractivity contribution in [1.29, 1.82) is 0 Å². The Balaban J connectivity index is 2.28. The van der Waals surface area contributed by atoms with Crippen LogP contribution in [-0.2, 0) is 17.6 Å². The van der Waals surface area contributed by atoms with E-state index in [1.165, 1.54) is 0 Å². The summed E-state index contributed by atoms with van der Waals surface area (Å²) in [6.07, 6.45) is 3.63. The summed E-state index contributed by atoms with van der Waals surface area (Å²) in [7, 11) is 1.66. The molecular formula is C11H21N3O2. The molecule has 5 nitrogen and oxygen atoms in total. The second-order valence-corrected chi connectivity index (χ2v) is 4.07. The number of nitrogens with zero attached hydrogens (tertiary/aromatic N) is 2. The molecular weight excluding hydrogens is 206 g/mol. The van der Waals surface area contributed by atoms with Crippen LogP contribution in [0.25, 0.3) is 0 Å². The topological polar surface area (TPSA) is 74.2 Å². The van der Waals surface area contributed by atoms with Crippen molar-refractivity contribution in [2.45, 2.75) is 32.6 Å². The lowest BCUT2D eigenvalue weighted by atomic mass is 10.0. The standard InChI is InChI=1S/C11H21N3O2/c1-9(5-7-12)3-4-11-13-10(14-16-11)6-8-15-2/h9H,3-8,12H2,1-2H3. The third-order valence-electron chi connectivity index (χ3n) is 2.55. The molecule has 0 saturated heterocycles. The van der Waals surface area contributed by atoms with Gasteiger partial charge in [0.05, 0.1) is 6.61 Å². The zero-order valence-electron chi connectivity index (χ0n) is 10.1. The van der Waals surface area contributed by atoms with Crippen molar-refractivity contribution in [1.82, 2.24) is 10.1 Å². The molecule has 1 aromatic rings. The Morgan fingerprint density at radius 2 is 2.19 bits per heavy atom. The molecule has 5 heteroatoms. The summed E-state index contributed by atoms with van der Waals surface area (Å²) >= 11 is 0. The van der Waals surface area contributed by atoms with E-state index in [2.05, 4.69) is 17.1 Å². The third kappa shape index (κ3) is 4.72. The van der Waals surface area contributed by atoms with E-state index in [1.54, 1.807) is 7.11 Å². The SMILES string of the molecule is COCCc1noc(CCC(C)CCN)n1. The molecule has 1 heterocycles. The van der Waals surface area contributed by atoms with Crippen LogP contribution in [0.5, 0.6) is 0 Å². The molecule has 0 bridgehead atoms. The fourth-order valence-electron chi connectivity index (χ4n) is 1.49. The largest absolute Gasteiger partial charge is 0.384 e. The maximum Gasteiger partial charge on any atom is 0.226 e. The zero-order chi connectivity index (χ0) is 11.8. The number of ether oxygens (including phenoxy) is 1. The monoisotopic (exact) mass is 227 g/mol. The fourth-order valence-corrected chi connectivity index (χ4v) is 1.49. The minimum absolute atomic E-state index is 0.610. The first kappa shape index (κ1) is 13.1. The first-order valence-electron chi connectivity index (χ1n) is 5.76. The number of methoxy groups -OCH3 is 1. The minimum Gasteiger partial charge on any atom is -0.384 e. The van der Waals surface area contributed by atoms with Crippen molar-refractivity contribution in [3.8, 4) is 0 Å². The predicted octanol–water partition coefficient (Wildman–Crippen LogP) is 1.18. The summed E-state index contributed by atoms with van der Waals surface area (Å²) in [4.78, 5) is 4.29. The Bertz CT molecular complexity index is 289. The van der Waals surface area contributed by atoms with Gasteiger partial charge in [0, 0.05) is 20.0 Å². The van der Waals surface area contributed by atoms with Crippen molar-refractivity contribution in [3.63, 3.8) is 0 Å². The predicted molar refractivity (Wildman–Crippen MR) is 61.0 cm³/mol. The van der Waals surface area contributed by atoms with Crippen LogP contribution in [0, 0.1) is 5.92 Å². The summed E-state index contributed by atoms with van der Waals surface area (Å²) in [6, 6.07) is 0. The van der Waals surface area contributed by atoms with Gasteiger partial charge in [0.15, 0.2) is 5.82 Å². The van der Waals surface area contributed by atoms with Gasteiger partial charge in [-0.1, -0.05) is 12.1 Å². The molecule has 1 unspecified atom stereocenters. The maximum absolute atomic E-state index is 5.49. The quantitative estimate of drug-likeness (QED) is 0.721. The Morgan fingerprint density at radius 3 is 2.88 bits per heavy atom. The number of hydrogen-bond donors (Lipinski definition) is 1. The lowest BCUT2D eigenvalue weighted by Crippen LogP contribution is -2.06. The van der Waals surface area contributed by atoms with Gasteiger partial charge in [-0.15, -0.1) is 0 Å². The van der Waals surface area contributed by atoms with Crippen LogP contribution >= 0.6 is 0 Å². The van der Waals surface area contributed by atoms with Crippen molar-refractivity contribution in [3.05, 3.63) is 11.7 Å². The van der Waals surface area contributed by atoms with Gasteiger partial charge in [-0.05, 0) is 25.3 Å². The molecule has 1 aromatic heterocycles. The van der Waals surface area contributed by atoms with Gasteiger partial charge in [-0.3, -0.25) is 0 Å². The Morgan fingerprint density at radius 1 is 1.38 bits per heavy atom. The summed E-state index contributed by atoms with van der Waals surface area (Å²) in [5.41, 5.74) is 5.49. The molecule has 2 N–H and O–H groups in total. The van der Waals surface area contributed by atoms with E-state index in [9.17, 15) is 0 Å². The average Bonchev–Trinajstić information content (AvgIpc) is 2.72. The second-order valence-electron chi connectivity index (χ2n) is 4.07. The first-order chi connectivity index (χ1) is 7.76. The van der Waals surface area contributed by atoms with E-state index in [0.717, 1.165) is 37.5 Å². The van der Waals surface area contributed by atoms with E-state index in [-0.39, 0.29) is 0 Å². The minimum atomic E-state index is 0.610. The molecule has 1 atom stereocenters. The van der Waals surface area contributed by atoms with Gasteiger partial charge < -0.3 is 15.0 Å². The van der Waals surface area contributed by atoms with Crippen LogP contribution in [-0.4, -0.2) is 30.4 Å². The van der Waals surface area contributed by atoms with Gasteiger partial charge >= 0.3 is 0 Å². The molecule has 0 spiro atoms. The van der Waals surface area contributed by atoms with Crippen molar-refractivity contribution in [2.75, 3.05) is 20.3 Å². The molecule has 0 saturated carbocycles. The van der Waals surface area contributed by atoms with E-state index in [0.29, 0.717) is 18.9 Å². The molecule has 16 heavy (non-hydrogen) atoms. The average molecular weight is 227 g/mol. The van der Waals surface area contributed by atoms with Crippen molar-refractivity contribution in [2.24, 2.45) is 11.7 Å². The van der Waals surface area contributed by atoms with Crippen LogP contribution in [0.4, 0.5) is 0 Å². The fraction of sp³-hybridized carbons (Fsp3) is 0.818. The van der Waals surface area contributed by atoms with Crippen LogP contribution < -0.4 is 5.73 Å². The van der Waals surface area contributed by atoms with Gasteiger partial charge in [-0.2, -0.15) is 4.98 Å². The smallest absolute Gasteiger partial charge is 0.226 e. The van der Waals surface area contributed by atoms with E-state index >= 15 is 0 Å². The van der Waals surface area contributed by atoms with Crippen LogP contribution in [0.1, 0.15) is 31.5 Å². The first-order valence-corrected chi connectivity index (χ1v) is 5.76. The van der Waals surface area contributed by atoms with Gasteiger partial charge in [0.2, 0.25) is 5.89 Å². The van der Waals surface area contributed by atoms with Crippen LogP contribution in [0.3, 0.4) is 0 Å². The summed E-state index contributed by atoms with van der Waals surface area (Å²) in [5, 5.41) is 3.89. The molecule has 92 valence electrons. The van der Waals surface area contributed by atoms with Gasteiger partial charge in [-0.25, -0.2) is 0 Å². The highest BCUT2D eigenvalue weighted by Gasteiger charge is 2.08. The lowest BCUT2D eigenvalue weighted by molar-refractivity contribution is 0.199. The molecule has 0 radical (unpaired) electrons. The Hall–Kier alpha value is -0.940. The number of rotatable bonds is 8. The summed E-state index contributed by atoms with van der Waals surface area (Å²) in [6.45, 7) is 3.56. The van der Waals surface area contributed by atoms with Crippen molar-refractivity contribution >= 4 is 0 Å². The number of aryl methyl sites for hydroxylation is 1. The molecule has 0 aromatic carbocycles. The highest BCUT2D eigenvalue weighted by atomic mass is 16.5. The molecule has 0 aliphatic rings. The Labute approximate surface area is 96.4 Å². The lowest BCUT2D eigenvalue weighted by Gasteiger charge is -2.06. The molecule has 1 rings (SSSR count). The van der Waals surface area contributed by atoms with Crippen molar-refractivity contribution < 1.29 is 9.26 Å². The number of hydrogen-bond acceptors (Lipinski definition) is 5. The molecule has 0 fully saturated rings. The Kier molecular flexibility index (Phi) is 6.03. The maximum atomic E-state index is 5.49. The summed E-state index contributed by atoms with van der Waals surface area (Å²) in [5.74, 6) is 2.05. The van der Waals surface area contributed by atoms with E-state index < -0.39 is 0 Å². The summed E-state index contributed by atoms with van der Waals surface area (Å²) < 4.78 is 10.1. The highest BCUT2D eigenvalue weighted by molar-refractivity contribution is 4.86. The number of aromatic nitrogens is 2.